The molecule has 5 rings (SSSR count). The minimum absolute atomic E-state index is 0.0151. The lowest BCUT2D eigenvalue weighted by Gasteiger charge is -2.29. The molecule has 0 aliphatic carbocycles. The van der Waals surface area contributed by atoms with Crippen molar-refractivity contribution < 1.29 is 23.1 Å². The first-order chi connectivity index (χ1) is 16.2. The van der Waals surface area contributed by atoms with Crippen molar-refractivity contribution in [2.75, 3.05) is 18.0 Å². The molecular weight excluding hydrogens is 473 g/mol. The fourth-order valence-corrected chi connectivity index (χ4v) is 4.16. The number of carboxylic acid groups (broad SMARTS) is 1. The highest BCUT2D eigenvalue weighted by atomic mass is 35.5. The number of carboxylic acids is 1. The first-order valence-electron chi connectivity index (χ1n) is 10.3. The molecular formula is C22H16ClF3N6O2. The van der Waals surface area contributed by atoms with Crippen LogP contribution in [0.2, 0.25) is 5.02 Å². The van der Waals surface area contributed by atoms with E-state index in [1.807, 2.05) is 4.90 Å². The van der Waals surface area contributed by atoms with Crippen LogP contribution in [0.4, 0.5) is 24.7 Å². The number of aromatic carboxylic acids is 1. The monoisotopic (exact) mass is 488 g/mol. The van der Waals surface area contributed by atoms with E-state index in [4.69, 9.17) is 11.6 Å². The van der Waals surface area contributed by atoms with Gasteiger partial charge in [-0.05, 0) is 30.3 Å². The largest absolute Gasteiger partial charge is 0.478 e. The van der Waals surface area contributed by atoms with E-state index in [2.05, 4.69) is 20.2 Å². The lowest BCUT2D eigenvalue weighted by molar-refractivity contribution is -0.145. The summed E-state index contributed by atoms with van der Waals surface area (Å²) < 4.78 is 41.9. The zero-order valence-electron chi connectivity index (χ0n) is 17.4. The van der Waals surface area contributed by atoms with E-state index >= 15 is 0 Å². The molecule has 3 heterocycles. The topological polar surface area (TPSA) is 96.0 Å². The van der Waals surface area contributed by atoms with Crippen molar-refractivity contribution in [2.24, 2.45) is 4.99 Å². The van der Waals surface area contributed by atoms with Crippen LogP contribution in [0.15, 0.2) is 47.5 Å². The van der Waals surface area contributed by atoms with Crippen molar-refractivity contribution in [3.63, 3.8) is 0 Å². The van der Waals surface area contributed by atoms with Crippen molar-refractivity contribution in [1.29, 1.82) is 0 Å². The summed E-state index contributed by atoms with van der Waals surface area (Å²) in [6.45, 7) is 0.841. The third-order valence-corrected chi connectivity index (χ3v) is 5.81. The summed E-state index contributed by atoms with van der Waals surface area (Å²) in [6, 6.07) is 11.0. The summed E-state index contributed by atoms with van der Waals surface area (Å²) in [5.41, 5.74) is 1.75. The SMILES string of the molecule is O=C(O)c1ccccc1N=C1CCN(c2nc3ccc(Cl)cc3n3c(C(F)(F)F)nnc23)CC1. The van der Waals surface area contributed by atoms with Crippen molar-refractivity contribution in [3.8, 4) is 0 Å². The van der Waals surface area contributed by atoms with Gasteiger partial charge in [-0.1, -0.05) is 23.7 Å². The maximum Gasteiger partial charge on any atom is 0.452 e. The van der Waals surface area contributed by atoms with E-state index in [1.54, 1.807) is 30.3 Å². The summed E-state index contributed by atoms with van der Waals surface area (Å²) in [5.74, 6) is -1.93. The minimum Gasteiger partial charge on any atom is -0.478 e. The predicted octanol–water partition coefficient (Wildman–Crippen LogP) is 5.02. The van der Waals surface area contributed by atoms with Crippen LogP contribution < -0.4 is 4.90 Å². The van der Waals surface area contributed by atoms with E-state index in [0.717, 1.165) is 10.1 Å². The second kappa shape index (κ2) is 8.24. The Labute approximate surface area is 195 Å². The average molecular weight is 489 g/mol. The second-order valence-corrected chi connectivity index (χ2v) is 8.17. The summed E-state index contributed by atoms with van der Waals surface area (Å²) in [4.78, 5) is 22.4. The molecule has 0 spiro atoms. The Balaban J connectivity index is 1.52. The Morgan fingerprint density at radius 1 is 1.09 bits per heavy atom. The molecule has 0 unspecified atom stereocenters. The molecule has 174 valence electrons. The Kier molecular flexibility index (Phi) is 5.35. The number of halogens is 4. The highest BCUT2D eigenvalue weighted by Gasteiger charge is 2.38. The van der Waals surface area contributed by atoms with Gasteiger partial charge in [-0.3, -0.25) is 9.39 Å². The van der Waals surface area contributed by atoms with Crippen LogP contribution >= 0.6 is 11.6 Å². The number of para-hydroxylation sites is 1. The molecule has 34 heavy (non-hydrogen) atoms. The van der Waals surface area contributed by atoms with Crippen LogP contribution in [0.5, 0.6) is 0 Å². The molecule has 1 saturated heterocycles. The highest BCUT2D eigenvalue weighted by molar-refractivity contribution is 6.31. The third-order valence-electron chi connectivity index (χ3n) is 5.57. The number of anilines is 1. The number of fused-ring (bicyclic) bond motifs is 3. The van der Waals surface area contributed by atoms with E-state index in [9.17, 15) is 23.1 Å². The van der Waals surface area contributed by atoms with Gasteiger partial charge in [0.1, 0.15) is 0 Å². The van der Waals surface area contributed by atoms with E-state index < -0.39 is 18.0 Å². The number of hydrogen-bond acceptors (Lipinski definition) is 6. The lowest BCUT2D eigenvalue weighted by Crippen LogP contribution is -2.35. The molecule has 0 radical (unpaired) electrons. The summed E-state index contributed by atoms with van der Waals surface area (Å²) in [7, 11) is 0. The number of piperidine rings is 1. The van der Waals surface area contributed by atoms with Crippen molar-refractivity contribution in [1.82, 2.24) is 19.6 Å². The van der Waals surface area contributed by atoms with Crippen LogP contribution in [0.1, 0.15) is 29.0 Å². The number of nitrogens with zero attached hydrogens (tertiary/aromatic N) is 6. The van der Waals surface area contributed by atoms with Crippen LogP contribution in [0.3, 0.4) is 0 Å². The molecule has 1 aliphatic rings. The molecule has 0 atom stereocenters. The maximum absolute atomic E-state index is 13.7. The van der Waals surface area contributed by atoms with Gasteiger partial charge in [-0.15, -0.1) is 10.2 Å². The molecule has 4 aromatic rings. The summed E-state index contributed by atoms with van der Waals surface area (Å²) in [6.07, 6.45) is -3.74. The molecule has 1 fully saturated rings. The van der Waals surface area contributed by atoms with Gasteiger partial charge < -0.3 is 10.0 Å². The third kappa shape index (κ3) is 3.92. The van der Waals surface area contributed by atoms with Gasteiger partial charge in [0.15, 0.2) is 5.82 Å². The fraction of sp³-hybridized carbons (Fsp3) is 0.227. The molecule has 0 amide bonds. The zero-order chi connectivity index (χ0) is 24.0. The Morgan fingerprint density at radius 3 is 2.53 bits per heavy atom. The summed E-state index contributed by atoms with van der Waals surface area (Å²) in [5, 5.41) is 16.8. The second-order valence-electron chi connectivity index (χ2n) is 7.74. The van der Waals surface area contributed by atoms with Gasteiger partial charge in [0.2, 0.25) is 11.5 Å². The Morgan fingerprint density at radius 2 is 1.82 bits per heavy atom. The van der Waals surface area contributed by atoms with Crippen LogP contribution in [-0.2, 0) is 6.18 Å². The van der Waals surface area contributed by atoms with Gasteiger partial charge in [-0.25, -0.2) is 9.78 Å². The minimum atomic E-state index is -4.72. The predicted molar refractivity (Wildman–Crippen MR) is 120 cm³/mol. The van der Waals surface area contributed by atoms with Crippen molar-refractivity contribution in [3.05, 3.63) is 58.9 Å². The zero-order valence-corrected chi connectivity index (χ0v) is 18.2. The smallest absolute Gasteiger partial charge is 0.452 e. The first kappa shape index (κ1) is 22.1. The molecule has 0 bridgehead atoms. The fourth-order valence-electron chi connectivity index (χ4n) is 4.00. The van der Waals surface area contributed by atoms with Crippen LogP contribution in [0, 0.1) is 0 Å². The van der Waals surface area contributed by atoms with Gasteiger partial charge in [-0.2, -0.15) is 13.2 Å². The Bertz CT molecular complexity index is 1460. The molecule has 8 nitrogen and oxygen atoms in total. The number of rotatable bonds is 3. The van der Waals surface area contributed by atoms with Crippen LogP contribution in [0.25, 0.3) is 16.7 Å². The van der Waals surface area contributed by atoms with Crippen LogP contribution in [-0.4, -0.2) is 49.5 Å². The number of benzene rings is 2. The molecule has 1 aliphatic heterocycles. The van der Waals surface area contributed by atoms with E-state index in [0.29, 0.717) is 37.1 Å². The quantitative estimate of drug-likeness (QED) is 0.435. The van der Waals surface area contributed by atoms with Gasteiger partial charge in [0.05, 0.1) is 22.3 Å². The molecule has 2 aromatic carbocycles. The van der Waals surface area contributed by atoms with Crippen molar-refractivity contribution in [2.45, 2.75) is 19.0 Å². The normalized spacial score (nSPS) is 14.7. The van der Waals surface area contributed by atoms with E-state index in [1.165, 1.54) is 12.1 Å². The Hall–Kier alpha value is -3.73. The maximum atomic E-state index is 13.7. The lowest BCUT2D eigenvalue weighted by atomic mass is 10.1. The number of alkyl halides is 3. The number of aromatic nitrogens is 4. The molecule has 1 N–H and O–H groups in total. The standard InChI is InChI=1S/C22H16ClF3N6O2/c23-12-5-6-16-17(11-12)32-19(29-30-21(32)22(24,25)26)18(28-16)31-9-7-13(8-10-31)27-15-4-2-1-3-14(15)20(33)34/h1-6,11H,7-10H2,(H,33,34). The first-order valence-corrected chi connectivity index (χ1v) is 10.7. The van der Waals surface area contributed by atoms with Gasteiger partial charge in [0, 0.05) is 36.7 Å². The highest BCUT2D eigenvalue weighted by Crippen LogP contribution is 2.34. The molecule has 12 heteroatoms. The molecule has 0 saturated carbocycles. The number of carbonyl (C=O) groups is 1. The average Bonchev–Trinajstić information content (AvgIpc) is 3.26. The van der Waals surface area contributed by atoms with Gasteiger partial charge in [0.25, 0.3) is 0 Å². The molecule has 2 aromatic heterocycles. The van der Waals surface area contributed by atoms with Crippen molar-refractivity contribution >= 4 is 51.5 Å². The summed E-state index contributed by atoms with van der Waals surface area (Å²) >= 11 is 6.03. The number of aliphatic imine (C=N–C) groups is 1. The van der Waals surface area contributed by atoms with Gasteiger partial charge >= 0.3 is 12.1 Å². The number of hydrogen-bond donors (Lipinski definition) is 1. The van der Waals surface area contributed by atoms with E-state index in [-0.39, 0.29) is 27.6 Å².